The minimum Gasteiger partial charge on any atom is -0.394 e. The highest BCUT2D eigenvalue weighted by molar-refractivity contribution is 7.48. The van der Waals surface area contributed by atoms with Crippen molar-refractivity contribution < 1.29 is 79.6 Å². The SMILES string of the molecule is C=Nc1c(N)ncnc1N(C)[C@@H]1O[C@H](COP(=O)(O)O[C@@H]2C[C@@H](COP(=O)(O)O[C@@H]3C[C@@H](CO)O[C@H]3N(C)c3ncnc(NCc4ccccc4)c3N=C)O[C@H]2N(C)c2ncnc(N)c2N=C)C[C@H]1OP(=O)(O)OCCOCn1cnc2c(N)ncnc21. The third kappa shape index (κ3) is 15.6. The van der Waals surface area contributed by atoms with Crippen LogP contribution in [-0.2, 0) is 73.1 Å². The van der Waals surface area contributed by atoms with Crippen molar-refractivity contribution >= 4 is 113 Å². The molecule has 88 heavy (non-hydrogen) atoms. The molecule has 11 N–H and O–H groups in total. The van der Waals surface area contributed by atoms with Crippen molar-refractivity contribution in [1.82, 2.24) is 49.4 Å². The molecular weight excluding hydrogens is 1220 g/mol. The topological polar surface area (TPSA) is 482 Å². The lowest BCUT2D eigenvalue weighted by atomic mass is 10.2. The van der Waals surface area contributed by atoms with Gasteiger partial charge in [-0.15, -0.1) is 0 Å². The number of nitrogens with two attached hydrogens (primary N) is 3. The van der Waals surface area contributed by atoms with Crippen LogP contribution in [0.5, 0.6) is 0 Å². The highest BCUT2D eigenvalue weighted by atomic mass is 31.2. The Morgan fingerprint density at radius 1 is 0.614 bits per heavy atom. The van der Waals surface area contributed by atoms with E-state index >= 15 is 0 Å². The zero-order chi connectivity index (χ0) is 62.9. The van der Waals surface area contributed by atoms with Crippen LogP contribution in [0, 0.1) is 0 Å². The summed E-state index contributed by atoms with van der Waals surface area (Å²) in [7, 11) is -10.6. The number of phosphoric acid groups is 3. The first-order valence-corrected chi connectivity index (χ1v) is 31.1. The van der Waals surface area contributed by atoms with Crippen molar-refractivity contribution in [3.05, 3.63) is 67.5 Å². The van der Waals surface area contributed by atoms with Crippen molar-refractivity contribution in [2.75, 3.05) is 91.4 Å². The fourth-order valence-corrected chi connectivity index (χ4v) is 12.5. The summed E-state index contributed by atoms with van der Waals surface area (Å²) in [6.07, 6.45) is -5.24. The van der Waals surface area contributed by atoms with Gasteiger partial charge in [-0.25, -0.2) is 58.6 Å². The number of fused-ring (bicyclic) bond motifs is 1. The summed E-state index contributed by atoms with van der Waals surface area (Å²) in [5.41, 5.74) is 20.0. The second kappa shape index (κ2) is 28.5. The molecule has 3 unspecified atom stereocenters. The molecule has 0 spiro atoms. The number of imidazole rings is 1. The number of nitrogens with zero attached hydrogens (tertiary/aromatic N) is 16. The number of nitrogen functional groups attached to an aromatic ring is 3. The zero-order valence-corrected chi connectivity index (χ0v) is 50.2. The van der Waals surface area contributed by atoms with Gasteiger partial charge in [0.1, 0.15) is 72.9 Å². The Labute approximate surface area is 501 Å². The first kappa shape index (κ1) is 65.2. The first-order chi connectivity index (χ1) is 42.1. The molecule has 1 aromatic carbocycles. The van der Waals surface area contributed by atoms with Crippen LogP contribution >= 0.6 is 23.5 Å². The first-order valence-electron chi connectivity index (χ1n) is 26.6. The van der Waals surface area contributed by atoms with Crippen LogP contribution in [0.3, 0.4) is 0 Å². The number of hydrogen-bond acceptors (Lipinski definition) is 33. The van der Waals surface area contributed by atoms with E-state index in [4.69, 9.17) is 63.3 Å². The van der Waals surface area contributed by atoms with E-state index in [1.54, 1.807) is 7.05 Å². The number of aliphatic hydroxyl groups excluding tert-OH is 1. The fourth-order valence-electron chi connectivity index (χ4n) is 9.74. The highest BCUT2D eigenvalue weighted by Crippen LogP contribution is 2.53. The van der Waals surface area contributed by atoms with Crippen molar-refractivity contribution in [3.63, 3.8) is 0 Å². The molecule has 40 heteroatoms. The summed E-state index contributed by atoms with van der Waals surface area (Å²) in [5.74, 6) is 0.709. The predicted octanol–water partition coefficient (Wildman–Crippen LogP) is 2.78. The van der Waals surface area contributed by atoms with Crippen LogP contribution in [0.1, 0.15) is 24.8 Å². The Bertz CT molecular complexity index is 3570. The number of phosphoric ester groups is 3. The number of nitrogens with one attached hydrogen (secondary N) is 1. The molecule has 6 aromatic rings. The van der Waals surface area contributed by atoms with Crippen LogP contribution in [0.25, 0.3) is 11.2 Å². The standard InChI is InChI=1S/C48H65N20O17P3/c1-52-34-38(49)56-21-60-42(34)65(4)47-32(83-86(70,71)77-13-12-76-26-68-25-64-36-40(51)58-23-63-45(36)68)15-29(81-47)19-79-88(74,75)85-33-16-30(82-48(33)66(5)43-35(53-2)39(50)57-22-61-43)20-78-87(72,73)84-31-14-28(18-69)80-46(31)67(6)44-37(54-3)41(59-24-62-44)55-17-27-10-8-7-9-11-27/h7-11,21-25,28-33,46-48,69H,1-3,12-20,26H2,4-6H3,(H,70,71)(H,72,73)(H,74,75)(H2,49,56,60)(H2,50,57,61)(H2,51,58,63)(H,55,59,62)/t28-,29-,30-,31+,32+,33+,46+,47+,48+/m0/s1. The maximum atomic E-state index is 14.1. The molecule has 3 aliphatic heterocycles. The van der Waals surface area contributed by atoms with E-state index < -0.39 is 105 Å². The van der Waals surface area contributed by atoms with E-state index in [0.717, 1.165) is 18.2 Å². The van der Waals surface area contributed by atoms with Gasteiger partial charge in [0.25, 0.3) is 0 Å². The smallest absolute Gasteiger partial charge is 0.394 e. The summed E-state index contributed by atoms with van der Waals surface area (Å²) >= 11 is 0. The second-order valence-electron chi connectivity index (χ2n) is 19.7. The Morgan fingerprint density at radius 2 is 1.07 bits per heavy atom. The van der Waals surface area contributed by atoms with Crippen molar-refractivity contribution in [2.45, 2.75) is 87.8 Å². The van der Waals surface area contributed by atoms with Gasteiger partial charge >= 0.3 is 23.5 Å². The average molecular weight is 1290 g/mol. The third-order valence-electron chi connectivity index (χ3n) is 13.8. The maximum absolute atomic E-state index is 14.1. The number of rotatable bonds is 31. The molecule has 8 heterocycles. The predicted molar refractivity (Wildman–Crippen MR) is 316 cm³/mol. The van der Waals surface area contributed by atoms with Crippen molar-refractivity contribution in [3.8, 4) is 0 Å². The number of likely N-dealkylation sites (N-methyl/N-ethyl adjacent to an activating group) is 3. The summed E-state index contributed by atoms with van der Waals surface area (Å²) in [6, 6.07) is 9.53. The molecule has 0 saturated carbocycles. The number of ether oxygens (including phenoxy) is 4. The van der Waals surface area contributed by atoms with Crippen LogP contribution in [0.4, 0.5) is 57.8 Å². The van der Waals surface area contributed by atoms with Gasteiger partial charge in [-0.2, -0.15) is 0 Å². The van der Waals surface area contributed by atoms with Gasteiger partial charge in [-0.05, 0) is 25.7 Å². The summed E-state index contributed by atoms with van der Waals surface area (Å²) in [4.78, 5) is 87.3. The fraction of sp³-hybridized carbons (Fsp3) is 0.458. The minimum atomic E-state index is -5.19. The number of hydrogen-bond donors (Lipinski definition) is 8. The Balaban J connectivity index is 0.859. The molecular formula is C48H65N20O17P3. The lowest BCUT2D eigenvalue weighted by Crippen LogP contribution is -2.41. The number of benzene rings is 1. The van der Waals surface area contributed by atoms with Crippen molar-refractivity contribution in [1.29, 1.82) is 0 Å². The van der Waals surface area contributed by atoms with E-state index in [9.17, 15) is 33.5 Å². The lowest BCUT2D eigenvalue weighted by molar-refractivity contribution is -0.0269. The maximum Gasteiger partial charge on any atom is 0.472 e. The van der Waals surface area contributed by atoms with E-state index in [1.807, 2.05) is 30.3 Å². The Hall–Kier alpha value is -7.25. The van der Waals surface area contributed by atoms with Gasteiger partial charge in [0, 0.05) is 47.0 Å². The monoisotopic (exact) mass is 1290 g/mol. The van der Waals surface area contributed by atoms with E-state index in [1.165, 1.54) is 52.3 Å². The molecule has 0 amide bonds. The molecule has 3 aliphatic rings. The normalized spacial score (nSPS) is 23.9. The van der Waals surface area contributed by atoms with E-state index in [2.05, 4.69) is 85.3 Å². The van der Waals surface area contributed by atoms with Crippen LogP contribution in [0.2, 0.25) is 0 Å². The van der Waals surface area contributed by atoms with Gasteiger partial charge < -0.3 is 76.0 Å². The lowest BCUT2D eigenvalue weighted by Gasteiger charge is -2.31. The van der Waals surface area contributed by atoms with Gasteiger partial charge in [0.15, 0.2) is 65.1 Å². The minimum absolute atomic E-state index is 0.0176. The largest absolute Gasteiger partial charge is 0.472 e. The second-order valence-corrected chi connectivity index (χ2v) is 23.9. The summed E-state index contributed by atoms with van der Waals surface area (Å²) in [5, 5.41) is 13.4. The molecule has 0 bridgehead atoms. The van der Waals surface area contributed by atoms with Gasteiger partial charge in [0.2, 0.25) is 0 Å². The molecule has 9 rings (SSSR count). The number of aliphatic hydroxyl groups is 1. The molecule has 12 atom stereocenters. The van der Waals surface area contributed by atoms with Gasteiger partial charge in [-0.3, -0.25) is 46.7 Å². The third-order valence-corrected chi connectivity index (χ3v) is 16.9. The zero-order valence-electron chi connectivity index (χ0n) is 47.5. The summed E-state index contributed by atoms with van der Waals surface area (Å²) in [6.45, 7) is 8.67. The number of anilines is 7. The molecule has 3 fully saturated rings. The quantitative estimate of drug-likeness (QED) is 0.0176. The van der Waals surface area contributed by atoms with Gasteiger partial charge in [0.05, 0.1) is 57.7 Å². The molecule has 0 radical (unpaired) electrons. The van der Waals surface area contributed by atoms with Crippen LogP contribution < -0.4 is 37.2 Å². The Morgan fingerprint density at radius 3 is 1.58 bits per heavy atom. The molecule has 0 aliphatic carbocycles. The average Bonchev–Trinajstić information content (AvgIpc) is 4.44. The molecule has 474 valence electrons. The summed E-state index contributed by atoms with van der Waals surface area (Å²) < 4.78 is 101. The van der Waals surface area contributed by atoms with E-state index in [-0.39, 0.29) is 84.6 Å². The molecule has 3 saturated heterocycles. The van der Waals surface area contributed by atoms with Crippen LogP contribution in [-0.4, -0.2) is 199 Å². The van der Waals surface area contributed by atoms with Crippen molar-refractivity contribution in [2.24, 2.45) is 15.0 Å². The van der Waals surface area contributed by atoms with E-state index in [0.29, 0.717) is 23.5 Å². The number of aliphatic imine (C=N–C) groups is 3. The Kier molecular flexibility index (Phi) is 21.1. The van der Waals surface area contributed by atoms with Gasteiger partial charge in [-0.1, -0.05) is 30.3 Å². The number of aromatic nitrogens is 10. The van der Waals surface area contributed by atoms with Crippen LogP contribution in [0.15, 0.2) is 76.9 Å². The molecule has 37 nitrogen and oxygen atoms in total. The highest BCUT2D eigenvalue weighted by Gasteiger charge is 2.49. The molecule has 5 aromatic heterocycles.